The summed E-state index contributed by atoms with van der Waals surface area (Å²) in [5, 5.41) is 23.8. The minimum atomic E-state index is -5.87. The van der Waals surface area contributed by atoms with E-state index in [2.05, 4.69) is 13.8 Å². The zero-order valence-electron chi connectivity index (χ0n) is 25.3. The number of rotatable bonds is 4. The van der Waals surface area contributed by atoms with Crippen molar-refractivity contribution in [1.82, 2.24) is 0 Å². The van der Waals surface area contributed by atoms with Crippen molar-refractivity contribution >= 4 is 11.8 Å². The lowest BCUT2D eigenvalue weighted by Crippen LogP contribution is -2.65. The number of alkyl halides is 5. The van der Waals surface area contributed by atoms with Crippen LogP contribution in [0.5, 0.6) is 0 Å². The van der Waals surface area contributed by atoms with E-state index in [1.165, 1.54) is 6.92 Å². The largest absolute Gasteiger partial charge is 0.456 e. The molecule has 1 saturated heterocycles. The Hall–Kier alpha value is -1.20. The van der Waals surface area contributed by atoms with Gasteiger partial charge in [0.15, 0.2) is 5.79 Å². The molecule has 6 atom stereocenters. The average Bonchev–Trinajstić information content (AvgIpc) is 3.21. The molecule has 0 unspecified atom stereocenters. The number of halogens is 5. The van der Waals surface area contributed by atoms with E-state index in [-0.39, 0.29) is 30.6 Å². The van der Waals surface area contributed by atoms with Gasteiger partial charge in [-0.25, -0.2) is 0 Å². The van der Waals surface area contributed by atoms with E-state index in [9.17, 15) is 23.4 Å². The molecule has 10 heteroatoms. The molecule has 4 aliphatic carbocycles. The highest BCUT2D eigenvalue weighted by Crippen LogP contribution is 2.71. The zero-order chi connectivity index (χ0) is 31.3. The van der Waals surface area contributed by atoms with Gasteiger partial charge in [-0.3, -0.25) is 0 Å². The fourth-order valence-electron chi connectivity index (χ4n) is 9.27. The third-order valence-electron chi connectivity index (χ3n) is 11.5. The molecule has 2 N–H and O–H groups in total. The molecule has 1 aromatic rings. The normalized spacial score (nSPS) is 38.9. The van der Waals surface area contributed by atoms with Crippen LogP contribution in [0, 0.1) is 22.7 Å². The van der Waals surface area contributed by atoms with Crippen LogP contribution in [0.15, 0.2) is 40.3 Å². The van der Waals surface area contributed by atoms with Crippen LogP contribution < -0.4 is 0 Å². The predicted octanol–water partition coefficient (Wildman–Crippen LogP) is 8.02. The van der Waals surface area contributed by atoms with Gasteiger partial charge in [0.25, 0.3) is 0 Å². The summed E-state index contributed by atoms with van der Waals surface area (Å²) >= 11 is 1.66. The third kappa shape index (κ3) is 4.74. The summed E-state index contributed by atoms with van der Waals surface area (Å²) in [5.74, 6) is -6.68. The van der Waals surface area contributed by atoms with Crippen LogP contribution in [-0.4, -0.2) is 58.3 Å². The molecule has 0 amide bonds. The fraction of sp³-hybridized carbons (Fsp3) is 0.758. The highest BCUT2D eigenvalue weighted by Gasteiger charge is 2.79. The van der Waals surface area contributed by atoms with Gasteiger partial charge in [0.2, 0.25) is 0 Å². The molecular weight excluding hydrogens is 587 g/mol. The van der Waals surface area contributed by atoms with Crippen LogP contribution in [-0.2, 0) is 9.47 Å². The van der Waals surface area contributed by atoms with Crippen molar-refractivity contribution in [3.63, 3.8) is 0 Å². The number of benzene rings is 1. The molecule has 4 nitrogen and oxygen atoms in total. The lowest BCUT2D eigenvalue weighted by atomic mass is 9.49. The van der Waals surface area contributed by atoms with Gasteiger partial charge in [0, 0.05) is 34.5 Å². The van der Waals surface area contributed by atoms with Gasteiger partial charge < -0.3 is 19.7 Å². The van der Waals surface area contributed by atoms with Crippen LogP contribution in [0.1, 0.15) is 90.5 Å². The third-order valence-corrected chi connectivity index (χ3v) is 12.4. The van der Waals surface area contributed by atoms with Crippen LogP contribution >= 0.6 is 11.8 Å². The maximum absolute atomic E-state index is 15.3. The summed E-state index contributed by atoms with van der Waals surface area (Å²) in [6.07, 6.45) is -4.41. The van der Waals surface area contributed by atoms with E-state index >= 15 is 8.78 Å². The van der Waals surface area contributed by atoms with E-state index in [1.807, 2.05) is 31.2 Å². The van der Waals surface area contributed by atoms with Crippen LogP contribution in [0.25, 0.3) is 0 Å². The highest BCUT2D eigenvalue weighted by molar-refractivity contribution is 7.99. The molecule has 6 rings (SSSR count). The first kappa shape index (κ1) is 31.8. The second-order valence-electron chi connectivity index (χ2n) is 14.7. The second kappa shape index (κ2) is 10.1. The van der Waals surface area contributed by atoms with Crippen molar-refractivity contribution in [3.05, 3.63) is 41.0 Å². The van der Waals surface area contributed by atoms with Crippen molar-refractivity contribution in [3.8, 4) is 0 Å². The first-order valence-electron chi connectivity index (χ1n) is 15.5. The summed E-state index contributed by atoms with van der Waals surface area (Å²) in [7, 11) is 0. The summed E-state index contributed by atoms with van der Waals surface area (Å²) in [6, 6.07) is 7.78. The van der Waals surface area contributed by atoms with E-state index in [1.54, 1.807) is 11.8 Å². The topological polar surface area (TPSA) is 58.9 Å². The average molecular weight is 631 g/mol. The number of thioether (sulfide) groups is 1. The van der Waals surface area contributed by atoms with Crippen molar-refractivity contribution in [2.24, 2.45) is 22.7 Å². The van der Waals surface area contributed by atoms with Gasteiger partial charge in [-0.1, -0.05) is 45.4 Å². The Balaban J connectivity index is 1.45. The van der Waals surface area contributed by atoms with Crippen molar-refractivity contribution < 1.29 is 41.6 Å². The monoisotopic (exact) mass is 630 g/mol. The minimum absolute atomic E-state index is 0.0577. The SMILES string of the molecule is CCSc1ccc([C@H]2C[C@@]3(C)[C@@H](CC[C@@]3(O)C(F)(F)C(F)(F)F)[C@@H]3CC[C@@]4(O)CC5(CCC4=C32)OCC(C)(C)CO5)cc1. The van der Waals surface area contributed by atoms with Gasteiger partial charge in [0.1, 0.15) is 5.60 Å². The first-order chi connectivity index (χ1) is 19.9. The molecule has 4 fully saturated rings. The number of hydrogen-bond donors (Lipinski definition) is 2. The van der Waals surface area contributed by atoms with Crippen molar-refractivity contribution in [2.75, 3.05) is 19.0 Å². The maximum Gasteiger partial charge on any atom is 0.456 e. The van der Waals surface area contributed by atoms with E-state index in [4.69, 9.17) is 9.47 Å². The molecule has 240 valence electrons. The van der Waals surface area contributed by atoms with Gasteiger partial charge in [0.05, 0.1) is 18.8 Å². The number of ether oxygens (including phenoxy) is 2. The molecule has 0 aromatic heterocycles. The van der Waals surface area contributed by atoms with Gasteiger partial charge in [-0.2, -0.15) is 22.0 Å². The Labute approximate surface area is 254 Å². The summed E-state index contributed by atoms with van der Waals surface area (Å²) in [4.78, 5) is 1.04. The lowest BCUT2D eigenvalue weighted by Gasteiger charge is -2.59. The number of aliphatic hydroxyl groups is 2. The highest BCUT2D eigenvalue weighted by atomic mass is 32.2. The molecule has 0 radical (unpaired) electrons. The van der Waals surface area contributed by atoms with Gasteiger partial charge in [-0.05, 0) is 79.4 Å². The standard InChI is InChI=1S/C33H43F5O4S/c1-5-43-21-8-6-20(7-9-21)23-16-28(4)24(12-15-31(28,40)32(34,35)33(36,37)38)22-10-13-29(39)17-30(14-11-25(29)26(22)23)41-18-27(2,3)19-42-30/h6-9,22-24,39-40H,5,10-19H2,1-4H3/t22-,23+,24-,28-,29+,31-/m0/s1. The molecule has 1 aliphatic heterocycles. The number of fused-ring (bicyclic) bond motifs is 4. The second-order valence-corrected chi connectivity index (χ2v) is 16.0. The fourth-order valence-corrected chi connectivity index (χ4v) is 9.93. The van der Waals surface area contributed by atoms with Crippen LogP contribution in [0.3, 0.4) is 0 Å². The molecule has 5 aliphatic rings. The first-order valence-corrected chi connectivity index (χ1v) is 16.5. The molecule has 0 bridgehead atoms. The van der Waals surface area contributed by atoms with Crippen molar-refractivity contribution in [1.29, 1.82) is 0 Å². The Morgan fingerprint density at radius 3 is 2.19 bits per heavy atom. The van der Waals surface area contributed by atoms with Gasteiger partial charge >= 0.3 is 12.1 Å². The molecule has 1 spiro atoms. The lowest BCUT2D eigenvalue weighted by molar-refractivity contribution is -0.362. The minimum Gasteiger partial charge on any atom is -0.385 e. The van der Waals surface area contributed by atoms with E-state index in [0.717, 1.165) is 27.4 Å². The molecule has 1 aromatic carbocycles. The predicted molar refractivity (Wildman–Crippen MR) is 154 cm³/mol. The molecule has 3 saturated carbocycles. The molecular formula is C33H43F5O4S. The smallest absolute Gasteiger partial charge is 0.385 e. The Kier molecular flexibility index (Phi) is 7.50. The Morgan fingerprint density at radius 2 is 1.58 bits per heavy atom. The Morgan fingerprint density at radius 1 is 0.930 bits per heavy atom. The zero-order valence-corrected chi connectivity index (χ0v) is 26.1. The van der Waals surface area contributed by atoms with Crippen LogP contribution in [0.2, 0.25) is 0 Å². The van der Waals surface area contributed by atoms with Crippen LogP contribution in [0.4, 0.5) is 22.0 Å². The molecule has 1 heterocycles. The number of hydrogen-bond acceptors (Lipinski definition) is 5. The Bertz CT molecular complexity index is 1270. The summed E-state index contributed by atoms with van der Waals surface area (Å²) in [6.45, 7) is 8.63. The number of allylic oxidation sites excluding steroid dienone is 1. The van der Waals surface area contributed by atoms with Crippen molar-refractivity contribution in [2.45, 2.75) is 119 Å². The van der Waals surface area contributed by atoms with Gasteiger partial charge in [-0.15, -0.1) is 11.8 Å². The molecule has 43 heavy (non-hydrogen) atoms. The summed E-state index contributed by atoms with van der Waals surface area (Å²) in [5.41, 5.74) is -3.62. The van der Waals surface area contributed by atoms with E-state index < -0.39 is 52.8 Å². The van der Waals surface area contributed by atoms with E-state index in [0.29, 0.717) is 38.9 Å². The summed E-state index contributed by atoms with van der Waals surface area (Å²) < 4.78 is 84.6. The quantitative estimate of drug-likeness (QED) is 0.201. The maximum atomic E-state index is 15.3.